The summed E-state index contributed by atoms with van der Waals surface area (Å²) in [5.41, 5.74) is 3.14. The van der Waals surface area contributed by atoms with E-state index in [1.54, 1.807) is 14.2 Å². The van der Waals surface area contributed by atoms with Crippen molar-refractivity contribution in [3.8, 4) is 17.6 Å². The molecular weight excluding hydrogens is 300 g/mol. The number of hydrogen-bond donors (Lipinski definition) is 0. The summed E-state index contributed by atoms with van der Waals surface area (Å²) in [7, 11) is 3.37. The van der Waals surface area contributed by atoms with Crippen LogP contribution >= 0.6 is 0 Å². The predicted molar refractivity (Wildman–Crippen MR) is 93.1 cm³/mol. The average molecular weight is 322 g/mol. The van der Waals surface area contributed by atoms with Crippen LogP contribution < -0.4 is 9.47 Å². The number of methoxy groups -OCH3 is 2. The molecule has 0 spiro atoms. The molecule has 124 valence electrons. The van der Waals surface area contributed by atoms with Crippen LogP contribution in [0.5, 0.6) is 11.5 Å². The van der Waals surface area contributed by atoms with Gasteiger partial charge in [0.25, 0.3) is 0 Å². The van der Waals surface area contributed by atoms with Gasteiger partial charge in [-0.25, -0.2) is 0 Å². The van der Waals surface area contributed by atoms with Crippen LogP contribution in [0, 0.1) is 11.3 Å². The summed E-state index contributed by atoms with van der Waals surface area (Å²) < 4.78 is 10.9. The quantitative estimate of drug-likeness (QED) is 0.837. The minimum absolute atomic E-state index is 0.349. The zero-order valence-corrected chi connectivity index (χ0v) is 14.2. The van der Waals surface area contributed by atoms with Gasteiger partial charge in [-0.2, -0.15) is 5.26 Å². The van der Waals surface area contributed by atoms with Crippen molar-refractivity contribution in [1.82, 2.24) is 4.90 Å². The second-order valence-electron chi connectivity index (χ2n) is 6.05. The van der Waals surface area contributed by atoms with Gasteiger partial charge in [0.2, 0.25) is 0 Å². The fraction of sp³-hybridized carbons (Fsp3) is 0.350. The van der Waals surface area contributed by atoms with Crippen molar-refractivity contribution < 1.29 is 9.47 Å². The van der Waals surface area contributed by atoms with Crippen LogP contribution in [0.25, 0.3) is 0 Å². The Labute approximate surface area is 143 Å². The van der Waals surface area contributed by atoms with Gasteiger partial charge in [-0.15, -0.1) is 0 Å². The lowest BCUT2D eigenvalue weighted by molar-refractivity contribution is 0.242. The summed E-state index contributed by atoms with van der Waals surface area (Å²) in [4.78, 5) is 2.48. The summed E-state index contributed by atoms with van der Waals surface area (Å²) in [6.45, 7) is 1.95. The zero-order valence-electron chi connectivity index (χ0n) is 14.2. The fourth-order valence-electron chi connectivity index (χ4n) is 3.38. The Morgan fingerprint density at radius 1 is 1.12 bits per heavy atom. The molecule has 1 saturated heterocycles. The van der Waals surface area contributed by atoms with Crippen LogP contribution in [0.3, 0.4) is 0 Å². The van der Waals surface area contributed by atoms with E-state index in [1.807, 2.05) is 36.4 Å². The van der Waals surface area contributed by atoms with E-state index < -0.39 is 0 Å². The Kier molecular flexibility index (Phi) is 5.02. The van der Waals surface area contributed by atoms with Gasteiger partial charge in [0.1, 0.15) is 11.5 Å². The SMILES string of the molecule is COc1ccc(C2CCCN2Cc2ccc(C#N)cc2)c(OC)c1. The molecule has 0 N–H and O–H groups in total. The zero-order chi connectivity index (χ0) is 16.9. The molecule has 3 rings (SSSR count). The Morgan fingerprint density at radius 3 is 2.58 bits per heavy atom. The minimum atomic E-state index is 0.349. The number of nitrogens with zero attached hydrogens (tertiary/aromatic N) is 2. The molecule has 0 bridgehead atoms. The van der Waals surface area contributed by atoms with Crippen molar-refractivity contribution in [2.45, 2.75) is 25.4 Å². The van der Waals surface area contributed by atoms with E-state index in [4.69, 9.17) is 14.7 Å². The highest BCUT2D eigenvalue weighted by atomic mass is 16.5. The van der Waals surface area contributed by atoms with Gasteiger partial charge in [-0.1, -0.05) is 18.2 Å². The van der Waals surface area contributed by atoms with E-state index in [-0.39, 0.29) is 0 Å². The number of nitriles is 1. The first-order chi connectivity index (χ1) is 11.7. The first kappa shape index (κ1) is 16.4. The average Bonchev–Trinajstić information content (AvgIpc) is 3.09. The van der Waals surface area contributed by atoms with Crippen LogP contribution in [0.1, 0.15) is 35.6 Å². The molecule has 1 aliphatic heterocycles. The molecule has 2 aromatic carbocycles. The smallest absolute Gasteiger partial charge is 0.127 e. The van der Waals surface area contributed by atoms with E-state index in [1.165, 1.54) is 17.5 Å². The molecule has 4 nitrogen and oxygen atoms in total. The third-order valence-corrected chi connectivity index (χ3v) is 4.63. The van der Waals surface area contributed by atoms with E-state index in [2.05, 4.69) is 17.0 Å². The van der Waals surface area contributed by atoms with Crippen LogP contribution in [-0.2, 0) is 6.54 Å². The molecular formula is C20H22N2O2. The van der Waals surface area contributed by atoms with E-state index in [9.17, 15) is 0 Å². The Balaban J connectivity index is 1.81. The number of ether oxygens (including phenoxy) is 2. The molecule has 4 heteroatoms. The monoisotopic (exact) mass is 322 g/mol. The number of likely N-dealkylation sites (tertiary alicyclic amines) is 1. The number of hydrogen-bond acceptors (Lipinski definition) is 4. The van der Waals surface area contributed by atoms with Crippen molar-refractivity contribution in [3.05, 3.63) is 59.2 Å². The summed E-state index contributed by atoms with van der Waals surface area (Å²) in [6.07, 6.45) is 2.30. The Hall–Kier alpha value is -2.51. The van der Waals surface area contributed by atoms with Crippen LogP contribution in [0.4, 0.5) is 0 Å². The van der Waals surface area contributed by atoms with Crippen molar-refractivity contribution in [1.29, 1.82) is 5.26 Å². The third-order valence-electron chi connectivity index (χ3n) is 4.63. The molecule has 0 amide bonds. The Bertz CT molecular complexity index is 734. The standard InChI is InChI=1S/C20H22N2O2/c1-23-17-9-10-18(20(12-17)24-2)19-4-3-11-22(19)14-16-7-5-15(13-21)6-8-16/h5-10,12,19H,3-4,11,14H2,1-2H3. The van der Waals surface area contributed by atoms with Gasteiger partial charge >= 0.3 is 0 Å². The van der Waals surface area contributed by atoms with Gasteiger partial charge in [0, 0.05) is 24.2 Å². The summed E-state index contributed by atoms with van der Waals surface area (Å²) in [6, 6.07) is 16.4. The summed E-state index contributed by atoms with van der Waals surface area (Å²) >= 11 is 0. The van der Waals surface area contributed by atoms with Crippen molar-refractivity contribution in [2.75, 3.05) is 20.8 Å². The molecule has 0 saturated carbocycles. The lowest BCUT2D eigenvalue weighted by atomic mass is 10.0. The molecule has 1 aliphatic rings. The van der Waals surface area contributed by atoms with Gasteiger partial charge in [-0.3, -0.25) is 4.90 Å². The highest BCUT2D eigenvalue weighted by molar-refractivity contribution is 5.43. The highest BCUT2D eigenvalue weighted by Crippen LogP contribution is 2.39. The Morgan fingerprint density at radius 2 is 1.92 bits per heavy atom. The van der Waals surface area contributed by atoms with Crippen LogP contribution in [0.15, 0.2) is 42.5 Å². The minimum Gasteiger partial charge on any atom is -0.497 e. The van der Waals surface area contributed by atoms with Crippen LogP contribution in [-0.4, -0.2) is 25.7 Å². The van der Waals surface area contributed by atoms with Gasteiger partial charge in [0.05, 0.1) is 25.9 Å². The lowest BCUT2D eigenvalue weighted by Crippen LogP contribution is -2.23. The molecule has 24 heavy (non-hydrogen) atoms. The van der Waals surface area contributed by atoms with Gasteiger partial charge < -0.3 is 9.47 Å². The molecule has 0 aromatic heterocycles. The number of rotatable bonds is 5. The maximum absolute atomic E-state index is 8.92. The van der Waals surface area contributed by atoms with E-state index in [0.717, 1.165) is 31.0 Å². The van der Waals surface area contributed by atoms with Crippen molar-refractivity contribution >= 4 is 0 Å². The van der Waals surface area contributed by atoms with Gasteiger partial charge in [-0.05, 0) is 43.1 Å². The van der Waals surface area contributed by atoms with Crippen LogP contribution in [0.2, 0.25) is 0 Å². The first-order valence-electron chi connectivity index (χ1n) is 8.20. The molecule has 1 unspecified atom stereocenters. The van der Waals surface area contributed by atoms with E-state index in [0.29, 0.717) is 11.6 Å². The summed E-state index contributed by atoms with van der Waals surface area (Å²) in [5, 5.41) is 8.92. The third kappa shape index (κ3) is 3.37. The van der Waals surface area contributed by atoms with Crippen molar-refractivity contribution in [2.24, 2.45) is 0 Å². The normalized spacial score (nSPS) is 17.5. The second kappa shape index (κ2) is 7.37. The predicted octanol–water partition coefficient (Wildman–Crippen LogP) is 3.91. The van der Waals surface area contributed by atoms with E-state index >= 15 is 0 Å². The molecule has 1 atom stereocenters. The molecule has 0 radical (unpaired) electrons. The van der Waals surface area contributed by atoms with Crippen molar-refractivity contribution in [3.63, 3.8) is 0 Å². The molecule has 0 aliphatic carbocycles. The maximum atomic E-state index is 8.92. The highest BCUT2D eigenvalue weighted by Gasteiger charge is 2.28. The second-order valence-corrected chi connectivity index (χ2v) is 6.05. The topological polar surface area (TPSA) is 45.5 Å². The lowest BCUT2D eigenvalue weighted by Gasteiger charge is -2.26. The summed E-state index contributed by atoms with van der Waals surface area (Å²) in [5.74, 6) is 1.69. The largest absolute Gasteiger partial charge is 0.497 e. The molecule has 2 aromatic rings. The first-order valence-corrected chi connectivity index (χ1v) is 8.20. The molecule has 1 fully saturated rings. The fourth-order valence-corrected chi connectivity index (χ4v) is 3.38. The maximum Gasteiger partial charge on any atom is 0.127 e. The number of benzene rings is 2. The van der Waals surface area contributed by atoms with Gasteiger partial charge in [0.15, 0.2) is 0 Å². The molecule has 1 heterocycles.